The number of aryl methyl sites for hydroxylation is 1. The highest BCUT2D eigenvalue weighted by molar-refractivity contribution is 5.90. The normalized spacial score (nSPS) is 14.3. The second kappa shape index (κ2) is 11.7. The summed E-state index contributed by atoms with van der Waals surface area (Å²) >= 11 is 0. The minimum Gasteiger partial charge on any atom is -0.332 e. The number of halogens is 2. The van der Waals surface area contributed by atoms with Gasteiger partial charge in [0.2, 0.25) is 5.91 Å². The molecule has 3 rings (SSSR count). The molecule has 0 spiro atoms. The van der Waals surface area contributed by atoms with Gasteiger partial charge in [0.1, 0.15) is 0 Å². The average Bonchev–Trinajstić information content (AvgIpc) is 2.82. The lowest BCUT2D eigenvalue weighted by Crippen LogP contribution is -2.46. The van der Waals surface area contributed by atoms with Gasteiger partial charge in [-0.15, -0.1) is 0 Å². The maximum atomic E-state index is 13.0. The van der Waals surface area contributed by atoms with Gasteiger partial charge in [0, 0.05) is 49.7 Å². The Hall–Kier alpha value is -3.81. The lowest BCUT2D eigenvalue weighted by atomic mass is 9.97. The van der Waals surface area contributed by atoms with Crippen molar-refractivity contribution in [3.63, 3.8) is 0 Å². The molecule has 2 heterocycles. The molecule has 2 N–H and O–H groups in total. The van der Waals surface area contributed by atoms with E-state index >= 15 is 0 Å². The molecule has 1 aromatic heterocycles. The fraction of sp³-hybridized carbons (Fsp3) is 0.321. The molecule has 0 atom stereocenters. The van der Waals surface area contributed by atoms with Gasteiger partial charge in [-0.2, -0.15) is 0 Å². The van der Waals surface area contributed by atoms with E-state index < -0.39 is 18.5 Å². The minimum atomic E-state index is -2.95. The maximum Gasteiger partial charge on any atom is 0.317 e. The van der Waals surface area contributed by atoms with Crippen molar-refractivity contribution < 1.29 is 18.4 Å². The monoisotopic (exact) mass is 494 g/mol. The van der Waals surface area contributed by atoms with E-state index in [1.165, 1.54) is 4.90 Å². The summed E-state index contributed by atoms with van der Waals surface area (Å²) in [6.45, 7) is 8.56. The van der Waals surface area contributed by atoms with Crippen LogP contribution in [0.15, 0.2) is 60.6 Å². The van der Waals surface area contributed by atoms with Crippen molar-refractivity contribution in [2.75, 3.05) is 19.6 Å². The molecule has 1 fully saturated rings. The van der Waals surface area contributed by atoms with Crippen molar-refractivity contribution in [1.29, 1.82) is 0 Å². The van der Waals surface area contributed by atoms with E-state index in [0.29, 0.717) is 31.6 Å². The summed E-state index contributed by atoms with van der Waals surface area (Å²) in [6, 6.07) is 7.51. The highest BCUT2D eigenvalue weighted by atomic mass is 19.3. The van der Waals surface area contributed by atoms with Crippen LogP contribution < -0.4 is 10.6 Å². The molecule has 36 heavy (non-hydrogen) atoms. The Morgan fingerprint density at radius 2 is 1.92 bits per heavy atom. The quantitative estimate of drug-likeness (QED) is 0.495. The molecule has 0 saturated carbocycles. The van der Waals surface area contributed by atoms with Gasteiger partial charge in [-0.3, -0.25) is 9.78 Å². The summed E-state index contributed by atoms with van der Waals surface area (Å²) in [4.78, 5) is 30.4. The standard InChI is InChI=1S/C28H32F2N4O2/c1-5-22-6-7-23(25-17-31-11-8-19(25)2)16-24(22)14-20(3)33-26(35)15-21-9-12-34(13-10-21)27(36)32-18-28(4,29)30/h5-8,11,14-17H,1,9-10,12-13,18H2,2-4H3,(H,32,36)(H,33,35)/b20-14+. The number of aromatic nitrogens is 1. The fourth-order valence-electron chi connectivity index (χ4n) is 3.99. The second-order valence-corrected chi connectivity index (χ2v) is 9.07. The molecule has 6 nitrogen and oxygen atoms in total. The topological polar surface area (TPSA) is 74.3 Å². The Labute approximate surface area is 210 Å². The van der Waals surface area contributed by atoms with Gasteiger partial charge >= 0.3 is 6.03 Å². The Balaban J connectivity index is 1.63. The van der Waals surface area contributed by atoms with Gasteiger partial charge < -0.3 is 15.5 Å². The molecular weight excluding hydrogens is 462 g/mol. The molecule has 3 amide bonds. The molecule has 1 saturated heterocycles. The van der Waals surface area contributed by atoms with E-state index in [9.17, 15) is 18.4 Å². The number of urea groups is 1. The number of hydrogen-bond acceptors (Lipinski definition) is 3. The van der Waals surface area contributed by atoms with E-state index in [-0.39, 0.29) is 5.91 Å². The molecule has 0 aliphatic carbocycles. The van der Waals surface area contributed by atoms with Crippen molar-refractivity contribution in [1.82, 2.24) is 20.5 Å². The Morgan fingerprint density at radius 3 is 2.56 bits per heavy atom. The second-order valence-electron chi connectivity index (χ2n) is 9.07. The number of piperidine rings is 1. The van der Waals surface area contributed by atoms with Crippen LogP contribution in [0.5, 0.6) is 0 Å². The first-order valence-electron chi connectivity index (χ1n) is 11.8. The summed E-state index contributed by atoms with van der Waals surface area (Å²) < 4.78 is 25.9. The third kappa shape index (κ3) is 7.60. The van der Waals surface area contributed by atoms with Gasteiger partial charge in [0.05, 0.1) is 6.54 Å². The lowest BCUT2D eigenvalue weighted by Gasteiger charge is -2.29. The van der Waals surface area contributed by atoms with Crippen LogP contribution in [0, 0.1) is 6.92 Å². The number of carbonyl (C=O) groups is 2. The van der Waals surface area contributed by atoms with Crippen LogP contribution >= 0.6 is 0 Å². The molecule has 0 bridgehead atoms. The van der Waals surface area contributed by atoms with Crippen LogP contribution in [0.3, 0.4) is 0 Å². The van der Waals surface area contributed by atoms with Crippen LogP contribution in [0.4, 0.5) is 13.6 Å². The highest BCUT2D eigenvalue weighted by Crippen LogP contribution is 2.26. The van der Waals surface area contributed by atoms with E-state index in [2.05, 4.69) is 22.2 Å². The zero-order chi connectivity index (χ0) is 26.3. The molecule has 2 aromatic rings. The van der Waals surface area contributed by atoms with Crippen molar-refractivity contribution in [3.8, 4) is 11.1 Å². The summed E-state index contributed by atoms with van der Waals surface area (Å²) in [5.41, 5.74) is 6.64. The smallest absolute Gasteiger partial charge is 0.317 e. The Morgan fingerprint density at radius 1 is 1.19 bits per heavy atom. The van der Waals surface area contributed by atoms with Crippen LogP contribution in [-0.2, 0) is 4.79 Å². The number of benzene rings is 1. The number of likely N-dealkylation sites (tertiary alicyclic amines) is 1. The Bertz CT molecular complexity index is 1190. The van der Waals surface area contributed by atoms with Gasteiger partial charge in [-0.1, -0.05) is 30.4 Å². The highest BCUT2D eigenvalue weighted by Gasteiger charge is 2.25. The predicted molar refractivity (Wildman–Crippen MR) is 139 cm³/mol. The summed E-state index contributed by atoms with van der Waals surface area (Å²) in [7, 11) is 0. The fourth-order valence-corrected chi connectivity index (χ4v) is 3.99. The van der Waals surface area contributed by atoms with Crippen LogP contribution in [-0.4, -0.2) is 47.4 Å². The van der Waals surface area contributed by atoms with Crippen LogP contribution in [0.2, 0.25) is 0 Å². The zero-order valence-electron chi connectivity index (χ0n) is 20.9. The number of alkyl halides is 2. The number of nitrogens with one attached hydrogen (secondary N) is 2. The first-order valence-corrected chi connectivity index (χ1v) is 11.8. The van der Waals surface area contributed by atoms with Crippen molar-refractivity contribution in [3.05, 3.63) is 77.3 Å². The van der Waals surface area contributed by atoms with Crippen molar-refractivity contribution in [2.24, 2.45) is 0 Å². The number of amides is 3. The third-order valence-electron chi connectivity index (χ3n) is 5.93. The summed E-state index contributed by atoms with van der Waals surface area (Å²) in [6.07, 6.45) is 9.85. The SMILES string of the molecule is C=Cc1ccc(-c2cnccc2C)cc1/C=C(\C)NC(=O)C=C1CCN(C(=O)NCC(C)(F)F)CC1. The van der Waals surface area contributed by atoms with E-state index in [1.807, 2.05) is 50.4 Å². The van der Waals surface area contributed by atoms with Crippen LogP contribution in [0.1, 0.15) is 43.4 Å². The summed E-state index contributed by atoms with van der Waals surface area (Å²) in [5.74, 6) is -3.20. The Kier molecular flexibility index (Phi) is 8.74. The lowest BCUT2D eigenvalue weighted by molar-refractivity contribution is -0.115. The van der Waals surface area contributed by atoms with E-state index in [4.69, 9.17) is 0 Å². The molecule has 1 aliphatic rings. The molecular formula is C28H32F2N4O2. The predicted octanol–water partition coefficient (Wildman–Crippen LogP) is 5.56. The molecule has 1 aromatic carbocycles. The molecule has 190 valence electrons. The van der Waals surface area contributed by atoms with Crippen LogP contribution in [0.25, 0.3) is 23.3 Å². The number of carbonyl (C=O) groups excluding carboxylic acids is 2. The first-order chi connectivity index (χ1) is 17.1. The molecule has 8 heteroatoms. The number of rotatable bonds is 7. The third-order valence-corrected chi connectivity index (χ3v) is 5.93. The first kappa shape index (κ1) is 26.8. The van der Waals surface area contributed by atoms with Gasteiger partial charge in [-0.05, 0) is 67.2 Å². The molecule has 1 aliphatic heterocycles. The van der Waals surface area contributed by atoms with Crippen molar-refractivity contribution >= 4 is 24.1 Å². The van der Waals surface area contributed by atoms with E-state index in [0.717, 1.165) is 40.3 Å². The number of allylic oxidation sites excluding steroid dienone is 1. The number of nitrogens with zero attached hydrogens (tertiary/aromatic N) is 2. The number of hydrogen-bond donors (Lipinski definition) is 2. The largest absolute Gasteiger partial charge is 0.332 e. The molecule has 0 unspecified atom stereocenters. The van der Waals surface area contributed by atoms with Gasteiger partial charge in [0.15, 0.2) is 0 Å². The zero-order valence-corrected chi connectivity index (χ0v) is 20.9. The van der Waals surface area contributed by atoms with Gasteiger partial charge in [0.25, 0.3) is 5.92 Å². The molecule has 0 radical (unpaired) electrons. The maximum absolute atomic E-state index is 13.0. The number of pyridine rings is 1. The minimum absolute atomic E-state index is 0.248. The van der Waals surface area contributed by atoms with E-state index in [1.54, 1.807) is 18.3 Å². The average molecular weight is 495 g/mol. The summed E-state index contributed by atoms with van der Waals surface area (Å²) in [5, 5.41) is 5.14. The van der Waals surface area contributed by atoms with Crippen molar-refractivity contribution in [2.45, 2.75) is 39.5 Å². The van der Waals surface area contributed by atoms with Gasteiger partial charge in [-0.25, -0.2) is 13.6 Å².